The average Bonchev–Trinajstić information content (AvgIpc) is 3.04. The molecule has 0 bridgehead atoms. The van der Waals surface area contributed by atoms with Crippen molar-refractivity contribution in [3.05, 3.63) is 72.1 Å². The standard InChI is InChI=1S/C17H14F2N4O/c18-11-5-6-14(13(19)9-11)21-15-3-1-2-4-16(15)22-17(24)10-12-7-8-20-23-12/h1-9,21H,10H2,(H,20,23)(H,22,24). The van der Waals surface area contributed by atoms with E-state index < -0.39 is 11.6 Å². The second-order valence-electron chi connectivity index (χ2n) is 5.10. The van der Waals surface area contributed by atoms with Gasteiger partial charge in [-0.1, -0.05) is 12.1 Å². The lowest BCUT2D eigenvalue weighted by molar-refractivity contribution is -0.115. The maximum atomic E-state index is 13.8. The van der Waals surface area contributed by atoms with Crippen LogP contribution >= 0.6 is 0 Å². The molecule has 24 heavy (non-hydrogen) atoms. The van der Waals surface area contributed by atoms with Gasteiger partial charge in [-0.15, -0.1) is 0 Å². The van der Waals surface area contributed by atoms with Crippen LogP contribution in [0.25, 0.3) is 0 Å². The van der Waals surface area contributed by atoms with Crippen LogP contribution in [0.3, 0.4) is 0 Å². The number of benzene rings is 2. The molecule has 3 N–H and O–H groups in total. The van der Waals surface area contributed by atoms with Crippen molar-refractivity contribution in [2.45, 2.75) is 6.42 Å². The molecule has 0 saturated heterocycles. The van der Waals surface area contributed by atoms with Crippen molar-refractivity contribution in [3.63, 3.8) is 0 Å². The molecule has 0 spiro atoms. The van der Waals surface area contributed by atoms with E-state index in [1.165, 1.54) is 6.07 Å². The van der Waals surface area contributed by atoms with E-state index in [1.807, 2.05) is 0 Å². The Balaban J connectivity index is 1.76. The number of hydrogen-bond acceptors (Lipinski definition) is 3. The number of amides is 1. The Morgan fingerprint density at radius 3 is 2.54 bits per heavy atom. The number of hydrogen-bond donors (Lipinski definition) is 3. The highest BCUT2D eigenvalue weighted by Gasteiger charge is 2.10. The van der Waals surface area contributed by atoms with E-state index in [0.29, 0.717) is 17.1 Å². The van der Waals surface area contributed by atoms with E-state index >= 15 is 0 Å². The second kappa shape index (κ2) is 6.91. The van der Waals surface area contributed by atoms with Gasteiger partial charge in [0.2, 0.25) is 5.91 Å². The van der Waals surface area contributed by atoms with Crippen LogP contribution in [0.4, 0.5) is 25.8 Å². The topological polar surface area (TPSA) is 69.8 Å². The van der Waals surface area contributed by atoms with Gasteiger partial charge in [-0.25, -0.2) is 8.78 Å². The van der Waals surface area contributed by atoms with Gasteiger partial charge in [0, 0.05) is 18.0 Å². The monoisotopic (exact) mass is 328 g/mol. The van der Waals surface area contributed by atoms with Crippen LogP contribution in [-0.4, -0.2) is 16.1 Å². The van der Waals surface area contributed by atoms with Gasteiger partial charge in [0.1, 0.15) is 11.6 Å². The van der Waals surface area contributed by atoms with Crippen molar-refractivity contribution in [1.82, 2.24) is 10.2 Å². The molecule has 1 heterocycles. The molecule has 0 fully saturated rings. The number of H-pyrrole nitrogens is 1. The Labute approximate surface area is 136 Å². The molecular formula is C17H14F2N4O. The van der Waals surface area contributed by atoms with Crippen molar-refractivity contribution < 1.29 is 13.6 Å². The minimum absolute atomic E-state index is 0.117. The third kappa shape index (κ3) is 3.75. The third-order valence-electron chi connectivity index (χ3n) is 3.31. The zero-order valence-electron chi connectivity index (χ0n) is 12.5. The summed E-state index contributed by atoms with van der Waals surface area (Å²) in [6.45, 7) is 0. The molecule has 3 rings (SSSR count). The Morgan fingerprint density at radius 2 is 1.83 bits per heavy atom. The first kappa shape index (κ1) is 15.7. The minimum Gasteiger partial charge on any atom is -0.351 e. The van der Waals surface area contributed by atoms with Crippen LogP contribution in [0.5, 0.6) is 0 Å². The number of aromatic nitrogens is 2. The summed E-state index contributed by atoms with van der Waals surface area (Å²) in [6.07, 6.45) is 1.70. The lowest BCUT2D eigenvalue weighted by Crippen LogP contribution is -2.15. The van der Waals surface area contributed by atoms with Crippen LogP contribution in [0.15, 0.2) is 54.7 Å². The van der Waals surface area contributed by atoms with Crippen molar-refractivity contribution in [2.75, 3.05) is 10.6 Å². The Kier molecular flexibility index (Phi) is 4.51. The SMILES string of the molecule is O=C(Cc1ccn[nH]1)Nc1ccccc1Nc1ccc(F)cc1F. The highest BCUT2D eigenvalue weighted by molar-refractivity contribution is 5.95. The molecule has 1 aromatic heterocycles. The Hall–Kier alpha value is -3.22. The number of halogens is 2. The fourth-order valence-electron chi connectivity index (χ4n) is 2.19. The zero-order valence-corrected chi connectivity index (χ0v) is 12.5. The molecule has 7 heteroatoms. The van der Waals surface area contributed by atoms with Crippen LogP contribution in [0.2, 0.25) is 0 Å². The number of nitrogens with one attached hydrogen (secondary N) is 3. The van der Waals surface area contributed by atoms with E-state index in [0.717, 1.165) is 12.1 Å². The van der Waals surface area contributed by atoms with Gasteiger partial charge in [-0.2, -0.15) is 5.10 Å². The maximum absolute atomic E-state index is 13.8. The smallest absolute Gasteiger partial charge is 0.230 e. The normalized spacial score (nSPS) is 10.4. The van der Waals surface area contributed by atoms with E-state index in [-0.39, 0.29) is 18.0 Å². The summed E-state index contributed by atoms with van der Waals surface area (Å²) in [6, 6.07) is 11.8. The molecule has 0 aliphatic rings. The number of nitrogens with zero attached hydrogens (tertiary/aromatic N) is 1. The highest BCUT2D eigenvalue weighted by atomic mass is 19.1. The molecule has 0 unspecified atom stereocenters. The molecular weight excluding hydrogens is 314 g/mol. The number of anilines is 3. The summed E-state index contributed by atoms with van der Waals surface area (Å²) in [4.78, 5) is 12.1. The van der Waals surface area contributed by atoms with E-state index in [1.54, 1.807) is 36.5 Å². The fraction of sp³-hybridized carbons (Fsp3) is 0.0588. The van der Waals surface area contributed by atoms with Crippen LogP contribution in [0.1, 0.15) is 5.69 Å². The zero-order chi connectivity index (χ0) is 16.9. The van der Waals surface area contributed by atoms with Gasteiger partial charge in [-0.05, 0) is 30.3 Å². The molecule has 0 atom stereocenters. The molecule has 5 nitrogen and oxygen atoms in total. The first-order valence-electron chi connectivity index (χ1n) is 7.21. The second-order valence-corrected chi connectivity index (χ2v) is 5.10. The molecule has 1 amide bonds. The van der Waals surface area contributed by atoms with Crippen LogP contribution in [0, 0.1) is 11.6 Å². The van der Waals surface area contributed by atoms with Crippen LogP contribution in [-0.2, 0) is 11.2 Å². The Morgan fingerprint density at radius 1 is 1.04 bits per heavy atom. The number of para-hydroxylation sites is 2. The molecule has 0 aliphatic carbocycles. The fourth-order valence-corrected chi connectivity index (χ4v) is 2.19. The number of rotatable bonds is 5. The third-order valence-corrected chi connectivity index (χ3v) is 3.31. The van der Waals surface area contributed by atoms with Gasteiger partial charge in [0.25, 0.3) is 0 Å². The van der Waals surface area contributed by atoms with Gasteiger partial charge < -0.3 is 10.6 Å². The van der Waals surface area contributed by atoms with Gasteiger partial charge in [0.05, 0.1) is 23.5 Å². The maximum Gasteiger partial charge on any atom is 0.230 e. The van der Waals surface area contributed by atoms with E-state index in [9.17, 15) is 13.6 Å². The lowest BCUT2D eigenvalue weighted by atomic mass is 10.2. The predicted octanol–water partition coefficient (Wildman–Crippen LogP) is 3.61. The quantitative estimate of drug-likeness (QED) is 0.670. The number of aromatic amines is 1. The van der Waals surface area contributed by atoms with Crippen LogP contribution < -0.4 is 10.6 Å². The van der Waals surface area contributed by atoms with Crippen molar-refractivity contribution in [1.29, 1.82) is 0 Å². The molecule has 0 saturated carbocycles. The van der Waals surface area contributed by atoms with Crippen molar-refractivity contribution in [3.8, 4) is 0 Å². The van der Waals surface area contributed by atoms with Gasteiger partial charge in [0.15, 0.2) is 0 Å². The molecule has 0 aliphatic heterocycles. The van der Waals surface area contributed by atoms with Gasteiger partial charge in [-0.3, -0.25) is 9.89 Å². The Bertz CT molecular complexity index is 850. The summed E-state index contributed by atoms with van der Waals surface area (Å²) in [5, 5.41) is 12.1. The van der Waals surface area contributed by atoms with E-state index in [4.69, 9.17) is 0 Å². The first-order chi connectivity index (χ1) is 11.6. The molecule has 122 valence electrons. The van der Waals surface area contributed by atoms with Gasteiger partial charge >= 0.3 is 0 Å². The van der Waals surface area contributed by atoms with Crippen molar-refractivity contribution >= 4 is 23.0 Å². The summed E-state index contributed by atoms with van der Waals surface area (Å²) < 4.78 is 26.8. The highest BCUT2D eigenvalue weighted by Crippen LogP contribution is 2.27. The first-order valence-corrected chi connectivity index (χ1v) is 7.21. The number of carbonyl (C=O) groups excluding carboxylic acids is 1. The minimum atomic E-state index is -0.714. The summed E-state index contributed by atoms with van der Waals surface area (Å²) in [7, 11) is 0. The predicted molar refractivity (Wildman–Crippen MR) is 87.0 cm³/mol. The molecule has 0 radical (unpaired) electrons. The summed E-state index contributed by atoms with van der Waals surface area (Å²) in [5.74, 6) is -1.61. The average molecular weight is 328 g/mol. The summed E-state index contributed by atoms with van der Waals surface area (Å²) in [5.41, 5.74) is 1.79. The molecule has 3 aromatic rings. The van der Waals surface area contributed by atoms with Crippen molar-refractivity contribution in [2.24, 2.45) is 0 Å². The number of carbonyl (C=O) groups is 1. The lowest BCUT2D eigenvalue weighted by Gasteiger charge is -2.13. The largest absolute Gasteiger partial charge is 0.351 e. The molecule has 2 aromatic carbocycles. The van der Waals surface area contributed by atoms with E-state index in [2.05, 4.69) is 20.8 Å². The summed E-state index contributed by atoms with van der Waals surface area (Å²) >= 11 is 0.